The predicted molar refractivity (Wildman–Crippen MR) is 219 cm³/mol. The third kappa shape index (κ3) is 11.2. The molecule has 55 heavy (non-hydrogen) atoms. The summed E-state index contributed by atoms with van der Waals surface area (Å²) in [6.07, 6.45) is 24.2. The number of nitro benzene ring substituents is 2. The number of benzene rings is 4. The summed E-state index contributed by atoms with van der Waals surface area (Å²) in [4.78, 5) is 21.3. The molecule has 0 atom stereocenters. The minimum atomic E-state index is -0.412. The van der Waals surface area contributed by atoms with E-state index in [1.807, 2.05) is 24.3 Å². The Morgan fingerprint density at radius 1 is 0.491 bits per heavy atom. The summed E-state index contributed by atoms with van der Waals surface area (Å²) in [6, 6.07) is 29.0. The lowest BCUT2D eigenvalue weighted by Crippen LogP contribution is -2.33. The SMILES string of the molecule is CCCCCCCCC[C@H]1CC[C@H](CCC2CCC(c3ccc(Oc4ccc([N+](=O)[O-])cc4)cc3)(c3ccc(Oc4ccc([N+](=O)[O-])cc4)cc3)CC2)CC1. The van der Waals surface area contributed by atoms with Gasteiger partial charge in [-0.25, -0.2) is 0 Å². The Morgan fingerprint density at radius 3 is 1.24 bits per heavy atom. The Bertz CT molecular complexity index is 1670. The first-order valence-corrected chi connectivity index (χ1v) is 20.9. The zero-order chi connectivity index (χ0) is 38.5. The van der Waals surface area contributed by atoms with E-state index in [-0.39, 0.29) is 16.8 Å². The molecular weight excluding hydrogens is 689 g/mol. The zero-order valence-electron chi connectivity index (χ0n) is 32.5. The molecule has 8 nitrogen and oxygen atoms in total. The summed E-state index contributed by atoms with van der Waals surface area (Å²) >= 11 is 0. The van der Waals surface area contributed by atoms with Gasteiger partial charge in [-0.3, -0.25) is 20.2 Å². The van der Waals surface area contributed by atoms with Crippen molar-refractivity contribution in [3.63, 3.8) is 0 Å². The van der Waals surface area contributed by atoms with E-state index >= 15 is 0 Å². The van der Waals surface area contributed by atoms with E-state index in [0.717, 1.165) is 30.6 Å². The minimum Gasteiger partial charge on any atom is -0.457 e. The molecule has 0 aliphatic heterocycles. The first kappa shape index (κ1) is 40.0. The smallest absolute Gasteiger partial charge is 0.269 e. The van der Waals surface area contributed by atoms with Crippen LogP contribution < -0.4 is 9.47 Å². The number of hydrogen-bond acceptors (Lipinski definition) is 6. The average molecular weight is 747 g/mol. The number of unbranched alkanes of at least 4 members (excludes halogenated alkanes) is 6. The molecule has 8 heteroatoms. The van der Waals surface area contributed by atoms with Crippen LogP contribution in [0.5, 0.6) is 23.0 Å². The van der Waals surface area contributed by atoms with E-state index in [4.69, 9.17) is 9.47 Å². The van der Waals surface area contributed by atoms with Crippen molar-refractivity contribution in [2.45, 2.75) is 128 Å². The molecule has 2 fully saturated rings. The van der Waals surface area contributed by atoms with Crippen LogP contribution in [-0.2, 0) is 5.41 Å². The van der Waals surface area contributed by atoms with Gasteiger partial charge in [0.2, 0.25) is 0 Å². The predicted octanol–water partition coefficient (Wildman–Crippen LogP) is 14.3. The van der Waals surface area contributed by atoms with Gasteiger partial charge in [0.15, 0.2) is 0 Å². The van der Waals surface area contributed by atoms with Crippen molar-refractivity contribution >= 4 is 11.4 Å². The number of rotatable bonds is 19. The van der Waals surface area contributed by atoms with E-state index < -0.39 is 9.85 Å². The van der Waals surface area contributed by atoms with Gasteiger partial charge in [-0.1, -0.05) is 121 Å². The van der Waals surface area contributed by atoms with E-state index in [1.54, 1.807) is 24.3 Å². The van der Waals surface area contributed by atoms with E-state index in [9.17, 15) is 20.2 Å². The fourth-order valence-electron chi connectivity index (χ4n) is 9.10. The van der Waals surface area contributed by atoms with Crippen molar-refractivity contribution in [3.8, 4) is 23.0 Å². The molecule has 0 saturated heterocycles. The molecule has 0 bridgehead atoms. The molecular formula is C47H58N2O6. The molecule has 292 valence electrons. The summed E-state index contributed by atoms with van der Waals surface area (Å²) in [6.45, 7) is 2.29. The minimum absolute atomic E-state index is 0.0332. The number of nitrogens with zero attached hydrogens (tertiary/aromatic N) is 2. The summed E-state index contributed by atoms with van der Waals surface area (Å²) in [5, 5.41) is 22.2. The van der Waals surface area contributed by atoms with Gasteiger partial charge in [0.05, 0.1) is 9.85 Å². The monoisotopic (exact) mass is 746 g/mol. The lowest BCUT2D eigenvalue weighted by molar-refractivity contribution is -0.385. The lowest BCUT2D eigenvalue weighted by atomic mass is 9.62. The summed E-state index contributed by atoms with van der Waals surface area (Å²) in [5.41, 5.74) is 2.43. The van der Waals surface area contributed by atoms with Crippen molar-refractivity contribution in [1.29, 1.82) is 0 Å². The second-order valence-electron chi connectivity index (χ2n) is 16.2. The highest BCUT2D eigenvalue weighted by atomic mass is 16.6. The Kier molecular flexibility index (Phi) is 14.3. The number of nitro groups is 2. The van der Waals surface area contributed by atoms with Crippen LogP contribution in [0.4, 0.5) is 11.4 Å². The molecule has 4 aromatic carbocycles. The van der Waals surface area contributed by atoms with Crippen LogP contribution in [0.15, 0.2) is 97.1 Å². The van der Waals surface area contributed by atoms with E-state index in [0.29, 0.717) is 23.0 Å². The fourth-order valence-corrected chi connectivity index (χ4v) is 9.10. The normalized spacial score (nSPS) is 18.4. The second kappa shape index (κ2) is 19.7. The maximum Gasteiger partial charge on any atom is 0.269 e. The second-order valence-corrected chi connectivity index (χ2v) is 16.2. The van der Waals surface area contributed by atoms with Crippen LogP contribution in [0.3, 0.4) is 0 Å². The molecule has 0 unspecified atom stereocenters. The van der Waals surface area contributed by atoms with Gasteiger partial charge in [-0.05, 0) is 103 Å². The van der Waals surface area contributed by atoms with Gasteiger partial charge in [-0.2, -0.15) is 0 Å². The van der Waals surface area contributed by atoms with Gasteiger partial charge in [-0.15, -0.1) is 0 Å². The van der Waals surface area contributed by atoms with Gasteiger partial charge >= 0.3 is 0 Å². The third-order valence-corrected chi connectivity index (χ3v) is 12.5. The van der Waals surface area contributed by atoms with Gasteiger partial charge in [0.25, 0.3) is 11.4 Å². The molecule has 4 aromatic rings. The Hall–Kier alpha value is -4.72. The van der Waals surface area contributed by atoms with Gasteiger partial charge in [0, 0.05) is 29.7 Å². The van der Waals surface area contributed by atoms with Crippen LogP contribution in [0.1, 0.15) is 134 Å². The maximum absolute atomic E-state index is 11.1. The molecule has 0 amide bonds. The fraction of sp³-hybridized carbons (Fsp3) is 0.489. The highest BCUT2D eigenvalue weighted by Crippen LogP contribution is 2.49. The molecule has 2 aliphatic rings. The van der Waals surface area contributed by atoms with Gasteiger partial charge < -0.3 is 9.47 Å². The van der Waals surface area contributed by atoms with Crippen LogP contribution in [0.25, 0.3) is 0 Å². The van der Waals surface area contributed by atoms with Crippen LogP contribution in [0, 0.1) is 38.0 Å². The summed E-state index contributed by atoms with van der Waals surface area (Å²) < 4.78 is 12.1. The van der Waals surface area contributed by atoms with E-state index in [2.05, 4.69) is 31.2 Å². The van der Waals surface area contributed by atoms with Crippen molar-refractivity contribution in [2.75, 3.05) is 0 Å². The molecule has 2 saturated carbocycles. The zero-order valence-corrected chi connectivity index (χ0v) is 32.5. The van der Waals surface area contributed by atoms with Crippen LogP contribution in [0.2, 0.25) is 0 Å². The Labute approximate surface area is 327 Å². The lowest BCUT2D eigenvalue weighted by Gasteiger charge is -2.42. The van der Waals surface area contributed by atoms with Crippen LogP contribution in [-0.4, -0.2) is 9.85 Å². The largest absolute Gasteiger partial charge is 0.457 e. The quantitative estimate of drug-likeness (QED) is 0.0537. The third-order valence-electron chi connectivity index (χ3n) is 12.5. The molecule has 6 rings (SSSR count). The summed E-state index contributed by atoms with van der Waals surface area (Å²) in [7, 11) is 0. The van der Waals surface area contributed by atoms with Crippen molar-refractivity contribution in [1.82, 2.24) is 0 Å². The first-order chi connectivity index (χ1) is 26.8. The summed E-state index contributed by atoms with van der Waals surface area (Å²) in [5.74, 6) is 5.07. The molecule has 0 heterocycles. The molecule has 0 N–H and O–H groups in total. The Morgan fingerprint density at radius 2 is 0.836 bits per heavy atom. The highest BCUT2D eigenvalue weighted by molar-refractivity contribution is 5.46. The number of ether oxygens (including phenoxy) is 2. The number of non-ortho nitro benzene ring substituents is 2. The van der Waals surface area contributed by atoms with E-state index in [1.165, 1.54) is 138 Å². The maximum atomic E-state index is 11.1. The van der Waals surface area contributed by atoms with Gasteiger partial charge in [0.1, 0.15) is 23.0 Å². The Balaban J connectivity index is 1.07. The highest BCUT2D eigenvalue weighted by Gasteiger charge is 2.38. The topological polar surface area (TPSA) is 105 Å². The average Bonchev–Trinajstić information content (AvgIpc) is 3.21. The van der Waals surface area contributed by atoms with Crippen molar-refractivity contribution in [2.24, 2.45) is 17.8 Å². The standard InChI is InChI=1S/C47H58N2O6/c1-2-3-4-5-6-7-8-9-36-10-12-37(13-11-36)14-15-38-32-34-47(35-33-38,39-16-24-43(25-17-39)54-45-28-20-41(21-29-45)48(50)51)40-18-26-44(27-19-40)55-46-30-22-42(23-31-46)49(52)53/h16-31,36-38H,2-15,32-35H2,1H3/t36-,37-. The van der Waals surface area contributed by atoms with Crippen molar-refractivity contribution < 1.29 is 19.3 Å². The molecule has 0 spiro atoms. The molecule has 0 radical (unpaired) electrons. The van der Waals surface area contributed by atoms with Crippen molar-refractivity contribution in [3.05, 3.63) is 128 Å². The first-order valence-electron chi connectivity index (χ1n) is 20.9. The number of hydrogen-bond donors (Lipinski definition) is 0. The molecule has 2 aliphatic carbocycles. The molecule has 0 aromatic heterocycles. The van der Waals surface area contributed by atoms with Crippen LogP contribution >= 0.6 is 0 Å².